The maximum absolute atomic E-state index is 12.0. The molecule has 128 valence electrons. The minimum Gasteiger partial charge on any atom is -0.457 e. The van der Waals surface area contributed by atoms with Crippen LogP contribution in [0, 0.1) is 6.92 Å². The zero-order valence-corrected chi connectivity index (χ0v) is 14.3. The van der Waals surface area contributed by atoms with E-state index in [1.807, 2.05) is 36.6 Å². The Kier molecular flexibility index (Phi) is 4.85. The highest BCUT2D eigenvalue weighted by molar-refractivity contribution is 7.13. The number of aromatic nitrogens is 4. The normalized spacial score (nSPS) is 10.6. The lowest BCUT2D eigenvalue weighted by molar-refractivity contribution is -0.144. The molecule has 0 unspecified atom stereocenters. The molecule has 0 aliphatic rings. The van der Waals surface area contributed by atoms with Crippen LogP contribution in [0.1, 0.15) is 17.1 Å². The van der Waals surface area contributed by atoms with Gasteiger partial charge in [0.25, 0.3) is 0 Å². The molecule has 9 heteroatoms. The van der Waals surface area contributed by atoms with E-state index in [2.05, 4.69) is 19.9 Å². The Morgan fingerprint density at radius 1 is 1.08 bits per heavy atom. The number of carbonyl (C=O) groups is 1. The van der Waals surface area contributed by atoms with Gasteiger partial charge in [0.1, 0.15) is 5.01 Å². The second-order valence-corrected chi connectivity index (χ2v) is 6.17. The summed E-state index contributed by atoms with van der Waals surface area (Å²) < 4.78 is 5.13. The van der Waals surface area contributed by atoms with Gasteiger partial charge in [-0.15, -0.1) is 11.3 Å². The fraction of sp³-hybridized carbons (Fsp3) is 0.188. The summed E-state index contributed by atoms with van der Waals surface area (Å²) in [4.78, 5) is 27.8. The highest BCUT2D eigenvalue weighted by Crippen LogP contribution is 2.24. The first-order valence-corrected chi connectivity index (χ1v) is 8.30. The van der Waals surface area contributed by atoms with E-state index in [0.29, 0.717) is 5.69 Å². The molecule has 0 radical (unpaired) electrons. The molecule has 0 bridgehead atoms. The summed E-state index contributed by atoms with van der Waals surface area (Å²) >= 11 is 1.48. The number of thiazole rings is 1. The highest BCUT2D eigenvalue weighted by atomic mass is 32.1. The summed E-state index contributed by atoms with van der Waals surface area (Å²) in [6, 6.07) is 8.06. The summed E-state index contributed by atoms with van der Waals surface area (Å²) in [6.07, 6.45) is 0.0679. The number of benzene rings is 1. The first-order chi connectivity index (χ1) is 12.0. The Balaban J connectivity index is 1.59. The van der Waals surface area contributed by atoms with Crippen molar-refractivity contribution < 1.29 is 9.53 Å². The number of hydrogen-bond acceptors (Lipinski definition) is 9. The summed E-state index contributed by atoms with van der Waals surface area (Å²) in [7, 11) is 0. The fourth-order valence-corrected chi connectivity index (χ4v) is 2.91. The lowest BCUT2D eigenvalue weighted by Gasteiger charge is -2.04. The number of ether oxygens (including phenoxy) is 1. The number of anilines is 2. The number of nitrogen functional groups attached to an aromatic ring is 2. The topological polar surface area (TPSA) is 130 Å². The Morgan fingerprint density at radius 3 is 2.44 bits per heavy atom. The van der Waals surface area contributed by atoms with E-state index in [4.69, 9.17) is 16.2 Å². The maximum atomic E-state index is 12.0. The smallest absolute Gasteiger partial charge is 0.312 e. The number of rotatable bonds is 5. The van der Waals surface area contributed by atoms with E-state index in [0.717, 1.165) is 10.6 Å². The van der Waals surface area contributed by atoms with Crippen LogP contribution in [0.5, 0.6) is 0 Å². The fourth-order valence-electron chi connectivity index (χ4n) is 2.08. The number of aryl methyl sites for hydroxylation is 1. The van der Waals surface area contributed by atoms with Crippen molar-refractivity contribution in [2.75, 3.05) is 11.5 Å². The van der Waals surface area contributed by atoms with Crippen molar-refractivity contribution in [2.45, 2.75) is 20.0 Å². The first kappa shape index (κ1) is 16.8. The second kappa shape index (κ2) is 7.22. The van der Waals surface area contributed by atoms with Crippen LogP contribution >= 0.6 is 11.3 Å². The molecule has 3 aromatic rings. The van der Waals surface area contributed by atoms with Crippen molar-refractivity contribution in [2.24, 2.45) is 0 Å². The third-order valence-corrected chi connectivity index (χ3v) is 4.19. The molecule has 0 spiro atoms. The molecule has 2 aromatic heterocycles. The molecule has 0 aliphatic heterocycles. The van der Waals surface area contributed by atoms with Gasteiger partial charge in [-0.3, -0.25) is 4.79 Å². The minimum absolute atomic E-state index is 0.0132. The zero-order chi connectivity index (χ0) is 17.8. The third-order valence-electron chi connectivity index (χ3n) is 3.25. The minimum atomic E-state index is -0.432. The van der Waals surface area contributed by atoms with Crippen LogP contribution in [-0.2, 0) is 22.6 Å². The van der Waals surface area contributed by atoms with Crippen LogP contribution in [0.2, 0.25) is 0 Å². The Hall–Kier alpha value is -3.07. The molecule has 0 saturated heterocycles. The predicted octanol–water partition coefficient (Wildman–Crippen LogP) is 1.75. The van der Waals surface area contributed by atoms with Gasteiger partial charge >= 0.3 is 5.97 Å². The van der Waals surface area contributed by atoms with Gasteiger partial charge in [0.05, 0.1) is 12.1 Å². The third kappa shape index (κ3) is 4.48. The van der Waals surface area contributed by atoms with Crippen LogP contribution in [0.4, 0.5) is 11.9 Å². The van der Waals surface area contributed by atoms with Crippen LogP contribution in [0.25, 0.3) is 10.6 Å². The lowest BCUT2D eigenvalue weighted by Crippen LogP contribution is -2.12. The molecule has 0 aliphatic carbocycles. The number of esters is 1. The molecular weight excluding hydrogens is 340 g/mol. The maximum Gasteiger partial charge on any atom is 0.312 e. The average molecular weight is 356 g/mol. The first-order valence-electron chi connectivity index (χ1n) is 7.42. The van der Waals surface area contributed by atoms with Gasteiger partial charge in [0.2, 0.25) is 11.9 Å². The second-order valence-electron chi connectivity index (χ2n) is 5.32. The van der Waals surface area contributed by atoms with Crippen LogP contribution in [0.3, 0.4) is 0 Å². The molecule has 1 aromatic carbocycles. The van der Waals surface area contributed by atoms with Gasteiger partial charge in [-0.1, -0.05) is 29.8 Å². The van der Waals surface area contributed by atoms with Crippen molar-refractivity contribution in [3.05, 3.63) is 46.7 Å². The summed E-state index contributed by atoms with van der Waals surface area (Å²) in [5, 5.41) is 2.70. The molecule has 0 fully saturated rings. The van der Waals surface area contributed by atoms with Crippen molar-refractivity contribution in [3.63, 3.8) is 0 Å². The molecule has 4 N–H and O–H groups in total. The lowest BCUT2D eigenvalue weighted by atomic mass is 10.2. The van der Waals surface area contributed by atoms with Crippen molar-refractivity contribution >= 4 is 29.2 Å². The molecular formula is C16H16N6O2S. The van der Waals surface area contributed by atoms with Gasteiger partial charge < -0.3 is 16.2 Å². The molecule has 8 nitrogen and oxygen atoms in total. The predicted molar refractivity (Wildman–Crippen MR) is 94.4 cm³/mol. The summed E-state index contributed by atoms with van der Waals surface area (Å²) in [6.45, 7) is 1.91. The number of hydrogen-bond donors (Lipinski definition) is 2. The zero-order valence-electron chi connectivity index (χ0n) is 13.5. The Bertz CT molecular complexity index is 874. The quantitative estimate of drug-likeness (QED) is 0.661. The number of carbonyl (C=O) groups excluding carboxylic acids is 1. The van der Waals surface area contributed by atoms with E-state index in [9.17, 15) is 4.79 Å². The highest BCUT2D eigenvalue weighted by Gasteiger charge is 2.11. The Morgan fingerprint density at radius 2 is 1.76 bits per heavy atom. The standard InChI is InChI=1S/C16H16N6O2S/c1-9-2-4-10(5-3-9)14-19-11(8-25-14)6-13(23)24-7-12-20-15(17)22-16(18)21-12/h2-5,8H,6-7H2,1H3,(H4,17,18,20,21,22). The van der Waals surface area contributed by atoms with Gasteiger partial charge in [0, 0.05) is 10.9 Å². The SMILES string of the molecule is Cc1ccc(-c2nc(CC(=O)OCc3nc(N)nc(N)n3)cs2)cc1. The van der Waals surface area contributed by atoms with Crippen LogP contribution in [-0.4, -0.2) is 25.9 Å². The Labute approximate surface area is 147 Å². The molecule has 0 amide bonds. The van der Waals surface area contributed by atoms with Gasteiger partial charge in [-0.2, -0.15) is 15.0 Å². The molecule has 0 atom stereocenters. The van der Waals surface area contributed by atoms with Gasteiger partial charge in [-0.25, -0.2) is 4.98 Å². The molecule has 0 saturated carbocycles. The van der Waals surface area contributed by atoms with Crippen LogP contribution < -0.4 is 11.5 Å². The van der Waals surface area contributed by atoms with Gasteiger partial charge in [-0.05, 0) is 6.92 Å². The monoisotopic (exact) mass is 356 g/mol. The summed E-state index contributed by atoms with van der Waals surface area (Å²) in [5.41, 5.74) is 13.8. The summed E-state index contributed by atoms with van der Waals surface area (Å²) in [5.74, 6) is -0.253. The molecule has 25 heavy (non-hydrogen) atoms. The van der Waals surface area contributed by atoms with E-state index < -0.39 is 5.97 Å². The number of nitrogens with zero attached hydrogens (tertiary/aromatic N) is 4. The number of nitrogens with two attached hydrogens (primary N) is 2. The van der Waals surface area contributed by atoms with Crippen molar-refractivity contribution in [1.29, 1.82) is 0 Å². The van der Waals surface area contributed by atoms with Crippen molar-refractivity contribution in [1.82, 2.24) is 19.9 Å². The van der Waals surface area contributed by atoms with E-state index in [1.54, 1.807) is 0 Å². The van der Waals surface area contributed by atoms with E-state index in [1.165, 1.54) is 16.9 Å². The molecule has 3 rings (SSSR count). The molecule has 2 heterocycles. The van der Waals surface area contributed by atoms with E-state index >= 15 is 0 Å². The van der Waals surface area contributed by atoms with Crippen LogP contribution in [0.15, 0.2) is 29.6 Å². The van der Waals surface area contributed by atoms with Crippen molar-refractivity contribution in [3.8, 4) is 10.6 Å². The average Bonchev–Trinajstić information content (AvgIpc) is 3.01. The van der Waals surface area contributed by atoms with E-state index in [-0.39, 0.29) is 30.7 Å². The largest absolute Gasteiger partial charge is 0.457 e. The van der Waals surface area contributed by atoms with Gasteiger partial charge in [0.15, 0.2) is 12.4 Å².